The molecule has 3 nitrogen and oxygen atoms in total. The summed E-state index contributed by atoms with van der Waals surface area (Å²) >= 11 is 0. The van der Waals surface area contributed by atoms with Gasteiger partial charge in [-0.3, -0.25) is 0 Å². The van der Waals surface area contributed by atoms with Gasteiger partial charge >= 0.3 is 14.4 Å². The monoisotopic (exact) mass is 165 g/mol. The van der Waals surface area contributed by atoms with Gasteiger partial charge in [-0.25, -0.2) is 0 Å². The molecule has 0 aliphatic rings. The fourth-order valence-electron chi connectivity index (χ4n) is 0. The van der Waals surface area contributed by atoms with Crippen LogP contribution in [0.3, 0.4) is 0 Å². The van der Waals surface area contributed by atoms with Crippen LogP contribution in [0.5, 0.6) is 0 Å². The Bertz CT molecular complexity index is 79.5. The van der Waals surface area contributed by atoms with Gasteiger partial charge in [-0.15, -0.1) is 9.79 Å². The molecular formula is C2H5F3O3P+. The first-order valence-corrected chi connectivity index (χ1v) is 2.81. The van der Waals surface area contributed by atoms with Crippen molar-refractivity contribution in [2.45, 2.75) is 13.1 Å². The van der Waals surface area contributed by atoms with Gasteiger partial charge in [-0.2, -0.15) is 13.2 Å². The number of hydrogen-bond donors (Lipinski definition) is 2. The molecule has 0 aromatic heterocycles. The van der Waals surface area contributed by atoms with E-state index in [0.717, 1.165) is 0 Å². The Morgan fingerprint density at radius 1 is 1.33 bits per heavy atom. The van der Waals surface area contributed by atoms with Crippen LogP contribution >= 0.6 is 8.25 Å². The molecule has 0 radical (unpaired) electrons. The van der Waals surface area contributed by atoms with E-state index in [0.29, 0.717) is 0 Å². The lowest BCUT2D eigenvalue weighted by Gasteiger charge is -1.88. The van der Waals surface area contributed by atoms with Crippen LogP contribution in [0.2, 0.25) is 0 Å². The smallest absolute Gasteiger partial charge is 0.172 e. The van der Waals surface area contributed by atoms with Crippen LogP contribution in [-0.4, -0.2) is 16.0 Å². The second kappa shape index (κ2) is 4.67. The van der Waals surface area contributed by atoms with Crippen LogP contribution in [0.1, 0.15) is 6.92 Å². The number of halogens is 3. The van der Waals surface area contributed by atoms with Crippen molar-refractivity contribution in [3.8, 4) is 0 Å². The highest BCUT2D eigenvalue weighted by Gasteiger charge is 2.15. The summed E-state index contributed by atoms with van der Waals surface area (Å²) in [5.41, 5.74) is 0. The molecule has 0 fully saturated rings. The Hall–Kier alpha value is -0.190. The van der Waals surface area contributed by atoms with Crippen LogP contribution in [0.25, 0.3) is 0 Å². The lowest BCUT2D eigenvalue weighted by Crippen LogP contribution is -1.95. The summed E-state index contributed by atoms with van der Waals surface area (Å²) < 4.78 is 39.8. The molecule has 7 heteroatoms. The summed E-state index contributed by atoms with van der Waals surface area (Å²) in [6.45, 7) is 0.188. The van der Waals surface area contributed by atoms with Crippen molar-refractivity contribution in [1.29, 1.82) is 0 Å². The van der Waals surface area contributed by atoms with Crippen molar-refractivity contribution in [1.82, 2.24) is 0 Å². The maximum Gasteiger partial charge on any atom is 0.692 e. The predicted octanol–water partition coefficient (Wildman–Crippen LogP) is 1.20. The van der Waals surface area contributed by atoms with Crippen molar-refractivity contribution < 1.29 is 27.5 Å². The summed E-state index contributed by atoms with van der Waals surface area (Å²) in [6.07, 6.45) is -4.00. The molecule has 0 saturated carbocycles. The van der Waals surface area contributed by atoms with Crippen LogP contribution in [0, 0.1) is 0 Å². The molecule has 0 aliphatic heterocycles. The lowest BCUT2D eigenvalue weighted by molar-refractivity contribution is -0.110. The average molecular weight is 165 g/mol. The first-order valence-electron chi connectivity index (χ1n) is 1.65. The summed E-state index contributed by atoms with van der Waals surface area (Å²) in [4.78, 5) is 14.2. The third kappa shape index (κ3) is 7300. The van der Waals surface area contributed by atoms with E-state index in [1.54, 1.807) is 0 Å². The maximum absolute atomic E-state index is 10.4. The van der Waals surface area contributed by atoms with E-state index in [1.807, 2.05) is 0 Å². The van der Waals surface area contributed by atoms with Gasteiger partial charge in [0.05, 0.1) is 0 Å². The number of rotatable bonds is 0. The topological polar surface area (TPSA) is 57.5 Å². The Kier molecular flexibility index (Phi) is 6.01. The predicted molar refractivity (Wildman–Crippen MR) is 23.8 cm³/mol. The van der Waals surface area contributed by atoms with Crippen molar-refractivity contribution in [3.05, 3.63) is 0 Å². The summed E-state index contributed by atoms with van der Waals surface area (Å²) in [5.74, 6) is 0. The van der Waals surface area contributed by atoms with Crippen molar-refractivity contribution in [2.75, 3.05) is 0 Å². The molecular weight excluding hydrogens is 160 g/mol. The van der Waals surface area contributed by atoms with Crippen LogP contribution in [0.4, 0.5) is 13.2 Å². The number of alkyl halides is 3. The molecule has 0 saturated heterocycles. The second-order valence-electron chi connectivity index (χ2n) is 1.03. The fraction of sp³-hybridized carbons (Fsp3) is 1.00. The average Bonchev–Trinajstić information content (AvgIpc) is 1.19. The van der Waals surface area contributed by atoms with Crippen molar-refractivity contribution in [2.24, 2.45) is 0 Å². The minimum Gasteiger partial charge on any atom is -0.172 e. The molecule has 0 atom stereocenters. The molecule has 9 heavy (non-hydrogen) atoms. The SMILES string of the molecule is CC(F)(F)F.O=[P+](O)O. The Balaban J connectivity index is 0. The van der Waals surface area contributed by atoms with E-state index in [9.17, 15) is 13.2 Å². The normalized spacial score (nSPS) is 9.56. The highest BCUT2D eigenvalue weighted by molar-refractivity contribution is 7.30. The van der Waals surface area contributed by atoms with E-state index in [1.165, 1.54) is 0 Å². The zero-order valence-corrected chi connectivity index (χ0v) is 5.28. The van der Waals surface area contributed by atoms with Crippen LogP contribution < -0.4 is 0 Å². The van der Waals surface area contributed by atoms with Gasteiger partial charge in [0.1, 0.15) is 0 Å². The summed E-state index contributed by atoms with van der Waals surface area (Å²) in [6, 6.07) is 0. The van der Waals surface area contributed by atoms with Gasteiger partial charge in [0.15, 0.2) is 0 Å². The molecule has 0 amide bonds. The molecule has 0 aromatic rings. The van der Waals surface area contributed by atoms with Gasteiger partial charge in [0.25, 0.3) is 0 Å². The molecule has 0 spiro atoms. The van der Waals surface area contributed by atoms with Gasteiger partial charge in [0, 0.05) is 11.5 Å². The minimum absolute atomic E-state index is 0.188. The molecule has 0 bridgehead atoms. The minimum atomic E-state index is -4.00. The third-order valence-electron chi connectivity index (χ3n) is 0. The van der Waals surface area contributed by atoms with E-state index >= 15 is 0 Å². The van der Waals surface area contributed by atoms with Crippen LogP contribution in [0.15, 0.2) is 0 Å². The standard InChI is InChI=1S/C2H3F3.HO3P/c1-2(3,4)5;1-4(2)3/h1H3;(H-,1,2,3)/p+1. The zero-order valence-electron chi connectivity index (χ0n) is 4.38. The zero-order chi connectivity index (χ0) is 8.08. The van der Waals surface area contributed by atoms with E-state index in [2.05, 4.69) is 0 Å². The number of hydrogen-bond acceptors (Lipinski definition) is 1. The molecule has 2 N–H and O–H groups in total. The Labute approximate surface area is 50.1 Å². The molecule has 0 aromatic carbocycles. The molecule has 0 unspecified atom stereocenters. The van der Waals surface area contributed by atoms with Crippen molar-refractivity contribution >= 4 is 8.25 Å². The molecule has 0 aliphatic carbocycles. The van der Waals surface area contributed by atoms with Gasteiger partial charge in [0.2, 0.25) is 0 Å². The Morgan fingerprint density at radius 3 is 1.33 bits per heavy atom. The van der Waals surface area contributed by atoms with E-state index in [4.69, 9.17) is 14.4 Å². The van der Waals surface area contributed by atoms with Crippen LogP contribution in [-0.2, 0) is 4.57 Å². The summed E-state index contributed by atoms with van der Waals surface area (Å²) in [5, 5.41) is 0. The van der Waals surface area contributed by atoms with E-state index < -0.39 is 14.4 Å². The fourth-order valence-corrected chi connectivity index (χ4v) is 0. The maximum atomic E-state index is 10.4. The van der Waals surface area contributed by atoms with Gasteiger partial charge in [-0.1, -0.05) is 0 Å². The Morgan fingerprint density at radius 2 is 1.33 bits per heavy atom. The van der Waals surface area contributed by atoms with E-state index in [-0.39, 0.29) is 6.92 Å². The lowest BCUT2D eigenvalue weighted by atomic mass is 10.8. The second-order valence-corrected chi connectivity index (χ2v) is 1.54. The third-order valence-corrected chi connectivity index (χ3v) is 0. The molecule has 56 valence electrons. The molecule has 0 heterocycles. The molecule has 0 rings (SSSR count). The first kappa shape index (κ1) is 11.6. The summed E-state index contributed by atoms with van der Waals surface area (Å²) in [7, 11) is -2.87. The quantitative estimate of drug-likeness (QED) is 0.530. The van der Waals surface area contributed by atoms with Gasteiger partial charge < -0.3 is 0 Å². The largest absolute Gasteiger partial charge is 0.692 e. The highest BCUT2D eigenvalue weighted by Crippen LogP contribution is 2.10. The highest BCUT2D eigenvalue weighted by atomic mass is 31.1. The first-order chi connectivity index (χ1) is 3.73. The van der Waals surface area contributed by atoms with Crippen molar-refractivity contribution in [3.63, 3.8) is 0 Å². The van der Waals surface area contributed by atoms with Gasteiger partial charge in [-0.05, 0) is 0 Å².